The number of benzene rings is 2. The average Bonchev–Trinajstić information content (AvgIpc) is 3.40. The molecule has 0 radical (unpaired) electrons. The minimum atomic E-state index is -1.69. The molecule has 0 spiro atoms. The summed E-state index contributed by atoms with van der Waals surface area (Å²) in [4.78, 5) is 3.89. The zero-order chi connectivity index (χ0) is 26.3. The minimum absolute atomic E-state index is 0.0168. The molecule has 0 saturated carbocycles. The number of nitrogens with zero attached hydrogens (tertiary/aromatic N) is 4. The number of ether oxygens (including phenoxy) is 2. The van der Waals surface area contributed by atoms with Crippen LogP contribution in [0.2, 0.25) is 0 Å². The summed E-state index contributed by atoms with van der Waals surface area (Å²) in [7, 11) is 0. The molecule has 1 aliphatic rings. The smallest absolute Gasteiger partial charge is 0.177 e. The summed E-state index contributed by atoms with van der Waals surface area (Å²) in [6.07, 6.45) is 9.64. The first-order chi connectivity index (χ1) is 17.9. The van der Waals surface area contributed by atoms with Crippen LogP contribution in [0, 0.1) is 23.0 Å². The number of nitriles is 1. The summed E-state index contributed by atoms with van der Waals surface area (Å²) in [5, 5.41) is 23.9. The zero-order valence-electron chi connectivity index (χ0n) is 20.1. The monoisotopic (exact) mass is 524 g/mol. The van der Waals surface area contributed by atoms with Gasteiger partial charge in [-0.05, 0) is 29.8 Å². The van der Waals surface area contributed by atoms with E-state index in [2.05, 4.69) is 16.2 Å². The van der Waals surface area contributed by atoms with Crippen LogP contribution in [0.3, 0.4) is 0 Å². The maximum atomic E-state index is 14.7. The van der Waals surface area contributed by atoms with Crippen LogP contribution in [0.4, 0.5) is 8.78 Å². The molecule has 2 unspecified atom stereocenters. The lowest BCUT2D eigenvalue weighted by Gasteiger charge is -2.37. The molecule has 0 amide bonds. The summed E-state index contributed by atoms with van der Waals surface area (Å²) in [6, 6.07) is 12.5. The third-order valence-electron chi connectivity index (χ3n) is 5.94. The van der Waals surface area contributed by atoms with E-state index in [-0.39, 0.29) is 17.4 Å². The molecule has 192 valence electrons. The molecule has 1 saturated heterocycles. The van der Waals surface area contributed by atoms with Crippen LogP contribution in [0.25, 0.3) is 6.08 Å². The molecule has 4 rings (SSSR count). The molecule has 3 aromatic rings. The lowest BCUT2D eigenvalue weighted by atomic mass is 9.90. The van der Waals surface area contributed by atoms with E-state index in [1.807, 2.05) is 30.4 Å². The molecule has 10 heteroatoms. The molecule has 2 atom stereocenters. The Bertz CT molecular complexity index is 1270. The zero-order valence-corrected chi connectivity index (χ0v) is 20.9. The standard InChI is InChI=1S/C27H26F2N4O3S/c1-19(27(34,16-33-18-31-17-32-33)24-11-10-22(28)12-25(24)29)37-23-14-35-26(36-15-23)5-3-2-4-20-6-8-21(13-30)9-7-20/h2-12,17-19,23,26,34H,14-16H2,1H3/b4-2+,5-3+. The van der Waals surface area contributed by atoms with E-state index in [0.29, 0.717) is 18.8 Å². The van der Waals surface area contributed by atoms with Gasteiger partial charge in [-0.25, -0.2) is 18.4 Å². The van der Waals surface area contributed by atoms with Gasteiger partial charge in [0.15, 0.2) is 6.29 Å². The van der Waals surface area contributed by atoms with Crippen molar-refractivity contribution in [3.05, 3.63) is 102 Å². The number of allylic oxidation sites excluding steroid dienone is 2. The van der Waals surface area contributed by atoms with Gasteiger partial charge in [0.25, 0.3) is 0 Å². The molecule has 1 aromatic heterocycles. The first-order valence-corrected chi connectivity index (χ1v) is 12.6. The molecule has 1 N–H and O–H groups in total. The molecule has 0 aliphatic carbocycles. The molecule has 0 bridgehead atoms. The molecular weight excluding hydrogens is 498 g/mol. The summed E-state index contributed by atoms with van der Waals surface area (Å²) in [6.45, 7) is 2.46. The number of rotatable bonds is 9. The van der Waals surface area contributed by atoms with Gasteiger partial charge < -0.3 is 14.6 Å². The van der Waals surface area contributed by atoms with Gasteiger partial charge in [0.05, 0.1) is 36.6 Å². The molecule has 2 heterocycles. The highest BCUT2D eigenvalue weighted by molar-refractivity contribution is 8.00. The minimum Gasteiger partial charge on any atom is -0.382 e. The van der Waals surface area contributed by atoms with Crippen LogP contribution >= 0.6 is 11.8 Å². The number of thioether (sulfide) groups is 1. The third kappa shape index (κ3) is 6.90. The third-order valence-corrected chi connectivity index (χ3v) is 7.39. The van der Waals surface area contributed by atoms with Crippen molar-refractivity contribution in [1.29, 1.82) is 5.26 Å². The SMILES string of the molecule is CC(SC1COC(/C=C/C=C/c2ccc(C#N)cc2)OC1)C(O)(Cn1cncn1)c1ccc(F)cc1F. The largest absolute Gasteiger partial charge is 0.382 e. The highest BCUT2D eigenvalue weighted by Gasteiger charge is 2.41. The first-order valence-electron chi connectivity index (χ1n) is 11.6. The van der Waals surface area contributed by atoms with Crippen molar-refractivity contribution in [2.24, 2.45) is 0 Å². The maximum absolute atomic E-state index is 14.7. The van der Waals surface area contributed by atoms with Gasteiger partial charge >= 0.3 is 0 Å². The van der Waals surface area contributed by atoms with Crippen molar-refractivity contribution in [3.8, 4) is 6.07 Å². The van der Waals surface area contributed by atoms with Gasteiger partial charge in [-0.3, -0.25) is 0 Å². The molecule has 1 aliphatic heterocycles. The van der Waals surface area contributed by atoms with E-state index in [1.54, 1.807) is 25.1 Å². The Morgan fingerprint density at radius 3 is 2.62 bits per heavy atom. The molecule has 37 heavy (non-hydrogen) atoms. The highest BCUT2D eigenvalue weighted by Crippen LogP contribution is 2.38. The summed E-state index contributed by atoms with van der Waals surface area (Å²) in [5.41, 5.74) is -0.131. The quantitative estimate of drug-likeness (QED) is 0.414. The fraction of sp³-hybridized carbons (Fsp3) is 0.296. The van der Waals surface area contributed by atoms with Crippen molar-refractivity contribution < 1.29 is 23.4 Å². The Balaban J connectivity index is 1.35. The van der Waals surface area contributed by atoms with Crippen molar-refractivity contribution in [2.45, 2.75) is 35.9 Å². The van der Waals surface area contributed by atoms with Gasteiger partial charge in [0, 0.05) is 16.9 Å². The van der Waals surface area contributed by atoms with E-state index < -0.39 is 28.8 Å². The second-order valence-electron chi connectivity index (χ2n) is 8.55. The van der Waals surface area contributed by atoms with Crippen molar-refractivity contribution in [2.75, 3.05) is 13.2 Å². The van der Waals surface area contributed by atoms with Gasteiger partial charge in [0.2, 0.25) is 0 Å². The molecular formula is C27H26F2N4O3S. The van der Waals surface area contributed by atoms with Crippen LogP contribution in [-0.2, 0) is 21.6 Å². The Morgan fingerprint density at radius 1 is 1.22 bits per heavy atom. The number of hydrogen-bond donors (Lipinski definition) is 1. The second kappa shape index (κ2) is 12.3. The van der Waals surface area contributed by atoms with Gasteiger partial charge in [0.1, 0.15) is 29.9 Å². The van der Waals surface area contributed by atoms with Gasteiger partial charge in [-0.15, -0.1) is 11.8 Å². The Morgan fingerprint density at radius 2 is 1.97 bits per heavy atom. The number of aliphatic hydroxyl groups is 1. The van der Waals surface area contributed by atoms with Gasteiger partial charge in [-0.1, -0.05) is 43.4 Å². The van der Waals surface area contributed by atoms with E-state index >= 15 is 0 Å². The first kappa shape index (κ1) is 26.7. The van der Waals surface area contributed by atoms with Gasteiger partial charge in [-0.2, -0.15) is 10.4 Å². The summed E-state index contributed by atoms with van der Waals surface area (Å²) < 4.78 is 41.3. The normalized spacial score (nSPS) is 20.6. The molecule has 2 aromatic carbocycles. The molecule has 1 fully saturated rings. The van der Waals surface area contributed by atoms with Crippen LogP contribution in [0.5, 0.6) is 0 Å². The average molecular weight is 525 g/mol. The fourth-order valence-electron chi connectivity index (χ4n) is 3.92. The number of aromatic nitrogens is 3. The fourth-order valence-corrected chi connectivity index (χ4v) is 5.23. The predicted octanol–water partition coefficient (Wildman–Crippen LogP) is 4.45. The van der Waals surface area contributed by atoms with Crippen molar-refractivity contribution >= 4 is 17.8 Å². The van der Waals surface area contributed by atoms with E-state index in [0.717, 1.165) is 17.7 Å². The van der Waals surface area contributed by atoms with Crippen molar-refractivity contribution in [1.82, 2.24) is 14.8 Å². The van der Waals surface area contributed by atoms with E-state index in [4.69, 9.17) is 14.7 Å². The van der Waals surface area contributed by atoms with E-state index in [1.165, 1.54) is 35.2 Å². The number of halogens is 2. The predicted molar refractivity (Wildman–Crippen MR) is 136 cm³/mol. The van der Waals surface area contributed by atoms with E-state index in [9.17, 15) is 13.9 Å². The lowest BCUT2D eigenvalue weighted by molar-refractivity contribution is -0.146. The molecule has 7 nitrogen and oxygen atoms in total. The Hall–Kier alpha value is -3.36. The van der Waals surface area contributed by atoms with Crippen LogP contribution in [-0.4, -0.2) is 49.9 Å². The maximum Gasteiger partial charge on any atom is 0.177 e. The van der Waals surface area contributed by atoms with Crippen molar-refractivity contribution in [3.63, 3.8) is 0 Å². The lowest BCUT2D eigenvalue weighted by Crippen LogP contribution is -2.43. The topological polar surface area (TPSA) is 93.2 Å². The summed E-state index contributed by atoms with van der Waals surface area (Å²) >= 11 is 1.40. The van der Waals surface area contributed by atoms with Crippen LogP contribution in [0.1, 0.15) is 23.6 Å². The highest BCUT2D eigenvalue weighted by atomic mass is 32.2. The second-order valence-corrected chi connectivity index (χ2v) is 10.2. The summed E-state index contributed by atoms with van der Waals surface area (Å²) in [5.74, 6) is -1.55. The number of hydrogen-bond acceptors (Lipinski definition) is 7. The Kier molecular flexibility index (Phi) is 8.84. The van der Waals surface area contributed by atoms with Crippen LogP contribution in [0.15, 0.2) is 73.3 Å². The van der Waals surface area contributed by atoms with Crippen LogP contribution < -0.4 is 0 Å². The Labute approximate surface area is 218 Å².